The first-order valence-corrected chi connectivity index (χ1v) is 9.91. The lowest BCUT2D eigenvalue weighted by molar-refractivity contribution is -0.120. The summed E-state index contributed by atoms with van der Waals surface area (Å²) in [4.78, 5) is 25.6. The number of carbonyl (C=O) groups excluding carboxylic acids is 2. The molecule has 4 nitrogen and oxygen atoms in total. The molecule has 0 spiro atoms. The van der Waals surface area contributed by atoms with Gasteiger partial charge in [-0.2, -0.15) is 0 Å². The first-order valence-electron chi connectivity index (χ1n) is 9.91. The molecule has 4 aromatic rings. The van der Waals surface area contributed by atoms with Crippen molar-refractivity contribution < 1.29 is 9.59 Å². The summed E-state index contributed by atoms with van der Waals surface area (Å²) < 4.78 is 0. The van der Waals surface area contributed by atoms with Gasteiger partial charge in [-0.3, -0.25) is 9.59 Å². The smallest absolute Gasteiger partial charge is 0.251 e. The van der Waals surface area contributed by atoms with E-state index in [-0.39, 0.29) is 11.8 Å². The van der Waals surface area contributed by atoms with E-state index >= 15 is 0 Å². The molecule has 4 aromatic carbocycles. The molecule has 0 saturated carbocycles. The van der Waals surface area contributed by atoms with Crippen LogP contribution in [0.25, 0.3) is 21.9 Å². The van der Waals surface area contributed by atoms with E-state index in [4.69, 9.17) is 5.73 Å². The van der Waals surface area contributed by atoms with Crippen LogP contribution in [0.5, 0.6) is 0 Å². The van der Waals surface area contributed by atoms with Crippen molar-refractivity contribution >= 4 is 22.6 Å². The quantitative estimate of drug-likeness (QED) is 0.545. The third-order valence-electron chi connectivity index (χ3n) is 5.82. The molecule has 0 radical (unpaired) electrons. The topological polar surface area (TPSA) is 72.2 Å². The molecule has 1 aliphatic rings. The molecule has 3 N–H and O–H groups in total. The maximum atomic E-state index is 13.1. The normalized spacial score (nSPS) is 13.5. The fraction of sp³-hybridized carbons (Fsp3) is 0.0769. The Morgan fingerprint density at radius 3 is 1.93 bits per heavy atom. The van der Waals surface area contributed by atoms with Crippen LogP contribution in [0.2, 0.25) is 0 Å². The number of nitrogens with two attached hydrogens (primary N) is 1. The summed E-state index contributed by atoms with van der Waals surface area (Å²) in [5.41, 5.74) is 10.4. The van der Waals surface area contributed by atoms with Crippen molar-refractivity contribution in [1.29, 1.82) is 0 Å². The monoisotopic (exact) mass is 392 g/mol. The zero-order valence-corrected chi connectivity index (χ0v) is 16.2. The standard InChI is InChI=1S/C26H20N2O2/c27-25(29)24(28-26(30)18-14-13-16-7-1-2-8-17(16)15-18)23-21-11-5-3-9-19(21)20-10-4-6-12-22(20)23/h1-15,23-24H,(H2,27,29)(H,28,30)/t24-/m0/s1. The van der Waals surface area contributed by atoms with Crippen LogP contribution >= 0.6 is 0 Å². The summed E-state index contributed by atoms with van der Waals surface area (Å²) in [5.74, 6) is -1.19. The molecular formula is C26H20N2O2. The number of benzene rings is 4. The number of rotatable bonds is 4. The van der Waals surface area contributed by atoms with Crippen molar-refractivity contribution in [3.8, 4) is 11.1 Å². The van der Waals surface area contributed by atoms with Gasteiger partial charge in [0.05, 0.1) is 0 Å². The molecule has 0 fully saturated rings. The largest absolute Gasteiger partial charge is 0.368 e. The Balaban J connectivity index is 1.53. The zero-order chi connectivity index (χ0) is 20.7. The van der Waals surface area contributed by atoms with Gasteiger partial charge < -0.3 is 11.1 Å². The Morgan fingerprint density at radius 1 is 0.733 bits per heavy atom. The van der Waals surface area contributed by atoms with Gasteiger partial charge in [0.15, 0.2) is 0 Å². The van der Waals surface area contributed by atoms with Gasteiger partial charge in [-0.1, -0.05) is 78.9 Å². The van der Waals surface area contributed by atoms with Crippen LogP contribution in [0.3, 0.4) is 0 Å². The number of carbonyl (C=O) groups is 2. The Hall–Kier alpha value is -3.92. The van der Waals surface area contributed by atoms with Crippen LogP contribution in [0.15, 0.2) is 91.0 Å². The van der Waals surface area contributed by atoms with Crippen LogP contribution in [0.4, 0.5) is 0 Å². The van der Waals surface area contributed by atoms with Crippen molar-refractivity contribution in [1.82, 2.24) is 5.32 Å². The second-order valence-corrected chi connectivity index (χ2v) is 7.57. The summed E-state index contributed by atoms with van der Waals surface area (Å²) in [5, 5.41) is 4.93. The van der Waals surface area contributed by atoms with Crippen LogP contribution < -0.4 is 11.1 Å². The van der Waals surface area contributed by atoms with Crippen LogP contribution in [-0.4, -0.2) is 17.9 Å². The first kappa shape index (κ1) is 18.1. The van der Waals surface area contributed by atoms with E-state index in [1.807, 2.05) is 84.9 Å². The highest BCUT2D eigenvalue weighted by Crippen LogP contribution is 2.46. The number of fused-ring (bicyclic) bond motifs is 4. The molecule has 0 bridgehead atoms. The SMILES string of the molecule is NC(=O)[C@@H](NC(=O)c1ccc2ccccc2c1)C1c2ccccc2-c2ccccc21. The van der Waals surface area contributed by atoms with Gasteiger partial charge in [0.25, 0.3) is 5.91 Å². The number of hydrogen-bond donors (Lipinski definition) is 2. The second-order valence-electron chi connectivity index (χ2n) is 7.57. The average Bonchev–Trinajstić information content (AvgIpc) is 3.11. The van der Waals surface area contributed by atoms with Crippen LogP contribution in [0, 0.1) is 0 Å². The Labute approximate surface area is 174 Å². The lowest BCUT2D eigenvalue weighted by atomic mass is 9.88. The van der Waals surface area contributed by atoms with Gasteiger partial charge in [-0.15, -0.1) is 0 Å². The van der Waals surface area contributed by atoms with Crippen LogP contribution in [-0.2, 0) is 4.79 Å². The van der Waals surface area contributed by atoms with E-state index < -0.39 is 11.9 Å². The molecule has 1 aliphatic carbocycles. The minimum absolute atomic E-state index is 0.314. The third-order valence-corrected chi connectivity index (χ3v) is 5.82. The average molecular weight is 392 g/mol. The summed E-state index contributed by atoms with van der Waals surface area (Å²) in [7, 11) is 0. The van der Waals surface area contributed by atoms with E-state index in [0.29, 0.717) is 5.56 Å². The Kier molecular flexibility index (Phi) is 4.32. The molecular weight excluding hydrogens is 372 g/mol. The molecule has 30 heavy (non-hydrogen) atoms. The van der Waals surface area contributed by atoms with Crippen molar-refractivity contribution in [2.75, 3.05) is 0 Å². The summed E-state index contributed by atoms with van der Waals surface area (Å²) in [6.07, 6.45) is 0. The van der Waals surface area contributed by atoms with E-state index in [2.05, 4.69) is 5.32 Å². The highest BCUT2D eigenvalue weighted by atomic mass is 16.2. The first-order chi connectivity index (χ1) is 14.6. The maximum Gasteiger partial charge on any atom is 0.251 e. The van der Waals surface area contributed by atoms with Crippen molar-refractivity contribution in [2.45, 2.75) is 12.0 Å². The van der Waals surface area contributed by atoms with E-state index in [1.165, 1.54) is 0 Å². The van der Waals surface area contributed by atoms with Crippen molar-refractivity contribution in [2.24, 2.45) is 5.73 Å². The highest BCUT2D eigenvalue weighted by Gasteiger charge is 2.37. The second kappa shape index (κ2) is 7.16. The van der Waals surface area contributed by atoms with Gasteiger partial charge in [-0.25, -0.2) is 0 Å². The molecule has 0 saturated heterocycles. The predicted molar refractivity (Wildman–Crippen MR) is 118 cm³/mol. The Bertz CT molecular complexity index is 1250. The van der Waals surface area contributed by atoms with E-state index in [0.717, 1.165) is 33.0 Å². The predicted octanol–water partition coefficient (Wildman–Crippen LogP) is 4.24. The molecule has 0 aliphatic heterocycles. The molecule has 146 valence electrons. The van der Waals surface area contributed by atoms with Gasteiger partial charge >= 0.3 is 0 Å². The lowest BCUT2D eigenvalue weighted by Crippen LogP contribution is -2.48. The van der Waals surface area contributed by atoms with Gasteiger partial charge in [-0.05, 0) is 45.2 Å². The van der Waals surface area contributed by atoms with E-state index in [9.17, 15) is 9.59 Å². The third kappa shape index (κ3) is 2.94. The molecule has 1 atom stereocenters. The summed E-state index contributed by atoms with van der Waals surface area (Å²) in [6.45, 7) is 0. The van der Waals surface area contributed by atoms with Gasteiger partial charge in [0.1, 0.15) is 6.04 Å². The number of amides is 2. The highest BCUT2D eigenvalue weighted by molar-refractivity contribution is 6.01. The van der Waals surface area contributed by atoms with Gasteiger partial charge in [0, 0.05) is 11.5 Å². The zero-order valence-electron chi connectivity index (χ0n) is 16.2. The fourth-order valence-electron chi connectivity index (χ4n) is 4.43. The Morgan fingerprint density at radius 2 is 1.30 bits per heavy atom. The number of primary amides is 1. The van der Waals surface area contributed by atoms with Gasteiger partial charge in [0.2, 0.25) is 5.91 Å². The van der Waals surface area contributed by atoms with Crippen molar-refractivity contribution in [3.63, 3.8) is 0 Å². The fourth-order valence-corrected chi connectivity index (χ4v) is 4.43. The lowest BCUT2D eigenvalue weighted by Gasteiger charge is -2.24. The molecule has 0 unspecified atom stereocenters. The number of hydrogen-bond acceptors (Lipinski definition) is 2. The molecule has 0 heterocycles. The van der Waals surface area contributed by atoms with Crippen LogP contribution in [0.1, 0.15) is 27.4 Å². The minimum Gasteiger partial charge on any atom is -0.368 e. The van der Waals surface area contributed by atoms with Crippen molar-refractivity contribution in [3.05, 3.63) is 108 Å². The summed E-state index contributed by atoms with van der Waals surface area (Å²) >= 11 is 0. The van der Waals surface area contributed by atoms with E-state index in [1.54, 1.807) is 6.07 Å². The summed E-state index contributed by atoms with van der Waals surface area (Å²) in [6, 6.07) is 28.4. The molecule has 5 rings (SSSR count). The maximum absolute atomic E-state index is 13.1. The molecule has 4 heteroatoms. The number of nitrogens with one attached hydrogen (secondary N) is 1. The minimum atomic E-state index is -0.853. The molecule has 2 amide bonds. The molecule has 0 aromatic heterocycles.